The minimum atomic E-state index is -0.225. The molecule has 2 N–H and O–H groups in total. The van der Waals surface area contributed by atoms with Crippen LogP contribution in [0.3, 0.4) is 0 Å². The van der Waals surface area contributed by atoms with Gasteiger partial charge in [-0.2, -0.15) is 0 Å². The lowest BCUT2D eigenvalue weighted by Crippen LogP contribution is -2.20. The highest BCUT2D eigenvalue weighted by Gasteiger charge is 2.14. The van der Waals surface area contributed by atoms with Crippen LogP contribution in [0.1, 0.15) is 18.1 Å². The summed E-state index contributed by atoms with van der Waals surface area (Å²) in [6.07, 6.45) is 0. The summed E-state index contributed by atoms with van der Waals surface area (Å²) >= 11 is 8.14. The minimum Gasteiger partial charge on any atom is -0.490 e. The van der Waals surface area contributed by atoms with Crippen LogP contribution in [0.5, 0.6) is 11.5 Å². The molecular weight excluding hydrogens is 527 g/mol. The first kappa shape index (κ1) is 23.2. The van der Waals surface area contributed by atoms with Crippen molar-refractivity contribution in [1.82, 2.24) is 0 Å². The molecule has 0 aliphatic heterocycles. The quantitative estimate of drug-likeness (QED) is 0.308. The SMILES string of the molecule is CCOc1cc(CNc2ccc(Cl)cc2)cc(I)c1OCC(=O)Nc1cccc(C)c1. The summed E-state index contributed by atoms with van der Waals surface area (Å²) in [5, 5.41) is 6.92. The van der Waals surface area contributed by atoms with Gasteiger partial charge in [-0.15, -0.1) is 0 Å². The molecule has 0 saturated carbocycles. The maximum atomic E-state index is 12.3. The molecule has 0 bridgehead atoms. The molecule has 0 saturated heterocycles. The zero-order valence-electron chi connectivity index (χ0n) is 17.4. The molecular formula is C24H24ClIN2O3. The Morgan fingerprint density at radius 2 is 1.81 bits per heavy atom. The van der Waals surface area contributed by atoms with Crippen molar-refractivity contribution in [2.45, 2.75) is 20.4 Å². The molecule has 1 amide bonds. The second kappa shape index (κ2) is 11.2. The average molecular weight is 551 g/mol. The zero-order valence-corrected chi connectivity index (χ0v) is 20.3. The van der Waals surface area contributed by atoms with E-state index in [1.807, 2.05) is 74.5 Å². The normalized spacial score (nSPS) is 10.5. The first-order valence-electron chi connectivity index (χ1n) is 9.88. The second-order valence-electron chi connectivity index (χ2n) is 6.90. The molecule has 0 atom stereocenters. The molecule has 0 radical (unpaired) electrons. The second-order valence-corrected chi connectivity index (χ2v) is 8.50. The van der Waals surface area contributed by atoms with Crippen LogP contribution >= 0.6 is 34.2 Å². The van der Waals surface area contributed by atoms with Crippen molar-refractivity contribution in [3.05, 3.63) is 80.4 Å². The molecule has 0 aliphatic carbocycles. The van der Waals surface area contributed by atoms with Crippen LogP contribution in [-0.4, -0.2) is 19.1 Å². The van der Waals surface area contributed by atoms with Crippen LogP contribution < -0.4 is 20.1 Å². The van der Waals surface area contributed by atoms with Crippen LogP contribution in [0.25, 0.3) is 0 Å². The molecule has 3 rings (SSSR count). The lowest BCUT2D eigenvalue weighted by Gasteiger charge is -2.16. The fourth-order valence-corrected chi connectivity index (χ4v) is 3.90. The van der Waals surface area contributed by atoms with E-state index in [0.717, 1.165) is 26.1 Å². The molecule has 31 heavy (non-hydrogen) atoms. The zero-order chi connectivity index (χ0) is 22.2. The highest BCUT2D eigenvalue weighted by Crippen LogP contribution is 2.34. The molecule has 3 aromatic carbocycles. The number of aryl methyl sites for hydroxylation is 1. The highest BCUT2D eigenvalue weighted by atomic mass is 127. The van der Waals surface area contributed by atoms with Crippen molar-refractivity contribution < 1.29 is 14.3 Å². The Bertz CT molecular complexity index is 1040. The smallest absolute Gasteiger partial charge is 0.262 e. The van der Waals surface area contributed by atoms with Gasteiger partial charge in [0, 0.05) is 22.9 Å². The standard InChI is InChI=1S/C24H24ClIN2O3/c1-3-30-22-13-17(14-27-19-9-7-18(25)8-10-19)12-21(26)24(22)31-15-23(29)28-20-6-4-5-16(2)11-20/h4-13,27H,3,14-15H2,1-2H3,(H,28,29). The van der Waals surface area contributed by atoms with Crippen molar-refractivity contribution in [2.75, 3.05) is 23.8 Å². The van der Waals surface area contributed by atoms with E-state index < -0.39 is 0 Å². The monoisotopic (exact) mass is 550 g/mol. The van der Waals surface area contributed by atoms with Gasteiger partial charge in [0.2, 0.25) is 0 Å². The fraction of sp³-hybridized carbons (Fsp3) is 0.208. The largest absolute Gasteiger partial charge is 0.490 e. The third-order valence-corrected chi connectivity index (χ3v) is 5.41. The molecule has 0 aliphatic rings. The van der Waals surface area contributed by atoms with Crippen molar-refractivity contribution >= 4 is 51.5 Å². The molecule has 7 heteroatoms. The van der Waals surface area contributed by atoms with Gasteiger partial charge in [0.05, 0.1) is 10.2 Å². The number of rotatable bonds is 9. The third-order valence-electron chi connectivity index (χ3n) is 4.36. The molecule has 0 spiro atoms. The van der Waals surface area contributed by atoms with Gasteiger partial charge in [-0.1, -0.05) is 23.7 Å². The maximum absolute atomic E-state index is 12.3. The number of carbonyl (C=O) groups is 1. The van der Waals surface area contributed by atoms with Gasteiger partial charge in [-0.3, -0.25) is 4.79 Å². The number of anilines is 2. The summed E-state index contributed by atoms with van der Waals surface area (Å²) < 4.78 is 12.5. The van der Waals surface area contributed by atoms with Gasteiger partial charge in [-0.25, -0.2) is 0 Å². The van der Waals surface area contributed by atoms with E-state index in [0.29, 0.717) is 29.7 Å². The molecule has 0 heterocycles. The summed E-state index contributed by atoms with van der Waals surface area (Å²) in [7, 11) is 0. The minimum absolute atomic E-state index is 0.105. The number of carbonyl (C=O) groups excluding carboxylic acids is 1. The van der Waals surface area contributed by atoms with Gasteiger partial charge >= 0.3 is 0 Å². The predicted octanol–water partition coefficient (Wildman–Crippen LogP) is 6.28. The third kappa shape index (κ3) is 7.04. The molecule has 0 fully saturated rings. The van der Waals surface area contributed by atoms with Gasteiger partial charge in [0.25, 0.3) is 5.91 Å². The van der Waals surface area contributed by atoms with E-state index in [-0.39, 0.29) is 12.5 Å². The van der Waals surface area contributed by atoms with Crippen LogP contribution in [0.15, 0.2) is 60.7 Å². The van der Waals surface area contributed by atoms with E-state index in [1.54, 1.807) is 0 Å². The van der Waals surface area contributed by atoms with E-state index in [1.165, 1.54) is 0 Å². The van der Waals surface area contributed by atoms with Gasteiger partial charge in [-0.05, 0) is 96.1 Å². The Balaban J connectivity index is 1.66. The molecule has 0 unspecified atom stereocenters. The van der Waals surface area contributed by atoms with Gasteiger partial charge in [0.1, 0.15) is 0 Å². The van der Waals surface area contributed by atoms with Crippen LogP contribution in [0.2, 0.25) is 5.02 Å². The van der Waals surface area contributed by atoms with Crippen LogP contribution in [0.4, 0.5) is 11.4 Å². The van der Waals surface area contributed by atoms with Crippen LogP contribution in [-0.2, 0) is 11.3 Å². The first-order chi connectivity index (χ1) is 14.9. The number of hydrogen-bond acceptors (Lipinski definition) is 4. The van der Waals surface area contributed by atoms with Crippen molar-refractivity contribution in [3.8, 4) is 11.5 Å². The van der Waals surface area contributed by atoms with Crippen LogP contribution in [0, 0.1) is 10.5 Å². The highest BCUT2D eigenvalue weighted by molar-refractivity contribution is 14.1. The molecule has 162 valence electrons. The summed E-state index contributed by atoms with van der Waals surface area (Å²) in [5.41, 5.74) is 3.84. The average Bonchev–Trinajstić information content (AvgIpc) is 2.73. The number of amides is 1. The lowest BCUT2D eigenvalue weighted by atomic mass is 10.2. The van der Waals surface area contributed by atoms with Gasteiger partial charge < -0.3 is 20.1 Å². The molecule has 5 nitrogen and oxygen atoms in total. The Morgan fingerprint density at radius 3 is 2.52 bits per heavy atom. The fourth-order valence-electron chi connectivity index (χ4n) is 2.96. The number of benzene rings is 3. The van der Waals surface area contributed by atoms with Crippen molar-refractivity contribution in [3.63, 3.8) is 0 Å². The van der Waals surface area contributed by atoms with Crippen molar-refractivity contribution in [2.24, 2.45) is 0 Å². The topological polar surface area (TPSA) is 59.6 Å². The van der Waals surface area contributed by atoms with E-state index >= 15 is 0 Å². The first-order valence-corrected chi connectivity index (χ1v) is 11.3. The lowest BCUT2D eigenvalue weighted by molar-refractivity contribution is -0.118. The number of hydrogen-bond donors (Lipinski definition) is 2. The summed E-state index contributed by atoms with van der Waals surface area (Å²) in [5.74, 6) is 0.958. The number of nitrogens with one attached hydrogen (secondary N) is 2. The molecule has 0 aromatic heterocycles. The van der Waals surface area contributed by atoms with Gasteiger partial charge in [0.15, 0.2) is 18.1 Å². The Labute approximate surface area is 201 Å². The van der Waals surface area contributed by atoms with Crippen molar-refractivity contribution in [1.29, 1.82) is 0 Å². The predicted molar refractivity (Wildman–Crippen MR) is 134 cm³/mol. The number of halogens is 2. The summed E-state index contributed by atoms with van der Waals surface area (Å²) in [6, 6.07) is 19.1. The summed E-state index contributed by atoms with van der Waals surface area (Å²) in [4.78, 5) is 12.3. The molecule has 3 aromatic rings. The maximum Gasteiger partial charge on any atom is 0.262 e. The van der Waals surface area contributed by atoms with E-state index in [9.17, 15) is 4.79 Å². The summed E-state index contributed by atoms with van der Waals surface area (Å²) in [6.45, 7) is 4.90. The Hall–Kier alpha value is -2.45. The van der Waals surface area contributed by atoms with E-state index in [4.69, 9.17) is 21.1 Å². The Morgan fingerprint density at radius 1 is 1.03 bits per heavy atom. The number of ether oxygens (including phenoxy) is 2. The van der Waals surface area contributed by atoms with E-state index in [2.05, 4.69) is 33.2 Å². The Kier molecular flexibility index (Phi) is 8.43.